The molecule has 0 aliphatic carbocycles. The Labute approximate surface area is 175 Å². The third kappa shape index (κ3) is 4.45. The molecule has 0 bridgehead atoms. The predicted molar refractivity (Wildman–Crippen MR) is 117 cm³/mol. The minimum absolute atomic E-state index is 0.0667. The van der Waals surface area contributed by atoms with Gasteiger partial charge >= 0.3 is 0 Å². The second kappa shape index (κ2) is 8.81. The number of aryl methyl sites for hydroxylation is 2. The monoisotopic (exact) mass is 406 g/mol. The van der Waals surface area contributed by atoms with Gasteiger partial charge in [0.2, 0.25) is 0 Å². The zero-order valence-corrected chi connectivity index (χ0v) is 17.4. The average Bonchev–Trinajstić information content (AvgIpc) is 2.75. The van der Waals surface area contributed by atoms with Crippen LogP contribution in [0.5, 0.6) is 0 Å². The SMILES string of the molecule is Cc1cc(C)c2oc(-c3ccc(C(=O)NCCN4CCOCC4)cc3)cc(=O)c2c1. The van der Waals surface area contributed by atoms with Gasteiger partial charge in [-0.15, -0.1) is 0 Å². The van der Waals surface area contributed by atoms with Gasteiger partial charge < -0.3 is 14.5 Å². The van der Waals surface area contributed by atoms with Gasteiger partial charge in [0, 0.05) is 43.4 Å². The van der Waals surface area contributed by atoms with Crippen LogP contribution in [0.1, 0.15) is 21.5 Å². The van der Waals surface area contributed by atoms with E-state index < -0.39 is 0 Å². The fraction of sp³-hybridized carbons (Fsp3) is 0.333. The molecule has 2 aromatic carbocycles. The molecule has 1 saturated heterocycles. The largest absolute Gasteiger partial charge is 0.456 e. The second-order valence-corrected chi connectivity index (χ2v) is 7.72. The smallest absolute Gasteiger partial charge is 0.251 e. The summed E-state index contributed by atoms with van der Waals surface area (Å²) in [5.41, 5.74) is 3.84. The number of fused-ring (bicyclic) bond motifs is 1. The van der Waals surface area contributed by atoms with Gasteiger partial charge in [-0.05, 0) is 43.2 Å². The molecular formula is C24H26N2O4. The number of morpholine rings is 1. The number of ether oxygens (including phenoxy) is 1. The Morgan fingerprint density at radius 1 is 1.07 bits per heavy atom. The zero-order chi connectivity index (χ0) is 21.1. The number of benzene rings is 2. The van der Waals surface area contributed by atoms with Crippen molar-refractivity contribution in [3.8, 4) is 11.3 Å². The molecule has 0 spiro atoms. The zero-order valence-electron chi connectivity index (χ0n) is 17.4. The highest BCUT2D eigenvalue weighted by molar-refractivity contribution is 5.94. The van der Waals surface area contributed by atoms with Gasteiger partial charge in [0.05, 0.1) is 18.6 Å². The van der Waals surface area contributed by atoms with Crippen LogP contribution in [0, 0.1) is 13.8 Å². The number of rotatable bonds is 5. The van der Waals surface area contributed by atoms with Crippen molar-refractivity contribution in [2.75, 3.05) is 39.4 Å². The molecule has 6 nitrogen and oxygen atoms in total. The molecule has 1 aromatic heterocycles. The van der Waals surface area contributed by atoms with Gasteiger partial charge in [-0.25, -0.2) is 0 Å². The lowest BCUT2D eigenvalue weighted by molar-refractivity contribution is 0.0383. The fourth-order valence-corrected chi connectivity index (χ4v) is 3.79. The molecule has 1 amide bonds. The highest BCUT2D eigenvalue weighted by Gasteiger charge is 2.13. The van der Waals surface area contributed by atoms with Crippen molar-refractivity contribution in [3.05, 3.63) is 69.4 Å². The van der Waals surface area contributed by atoms with Crippen molar-refractivity contribution < 1.29 is 13.9 Å². The lowest BCUT2D eigenvalue weighted by Gasteiger charge is -2.26. The summed E-state index contributed by atoms with van der Waals surface area (Å²) >= 11 is 0. The third-order valence-corrected chi connectivity index (χ3v) is 5.41. The maximum Gasteiger partial charge on any atom is 0.251 e. The van der Waals surface area contributed by atoms with Crippen molar-refractivity contribution in [2.24, 2.45) is 0 Å². The lowest BCUT2D eigenvalue weighted by Crippen LogP contribution is -2.41. The normalized spacial score (nSPS) is 14.7. The predicted octanol–water partition coefficient (Wildman–Crippen LogP) is 3.14. The maximum atomic E-state index is 12.6. The number of amides is 1. The molecule has 30 heavy (non-hydrogen) atoms. The number of hydrogen-bond acceptors (Lipinski definition) is 5. The molecule has 0 saturated carbocycles. The summed E-state index contributed by atoms with van der Waals surface area (Å²) in [5, 5.41) is 3.55. The Morgan fingerprint density at radius 3 is 2.53 bits per heavy atom. The topological polar surface area (TPSA) is 71.8 Å². The van der Waals surface area contributed by atoms with Crippen LogP contribution in [-0.4, -0.2) is 50.2 Å². The molecule has 0 radical (unpaired) electrons. The molecule has 4 rings (SSSR count). The summed E-state index contributed by atoms with van der Waals surface area (Å²) in [6.45, 7) is 8.62. The van der Waals surface area contributed by atoms with Crippen LogP contribution >= 0.6 is 0 Å². The summed E-state index contributed by atoms with van der Waals surface area (Å²) < 4.78 is 11.4. The van der Waals surface area contributed by atoms with Crippen LogP contribution in [0.25, 0.3) is 22.3 Å². The van der Waals surface area contributed by atoms with Crippen molar-refractivity contribution >= 4 is 16.9 Å². The molecule has 1 aliphatic heterocycles. The Balaban J connectivity index is 1.46. The molecule has 6 heteroatoms. The Hall–Kier alpha value is -2.96. The van der Waals surface area contributed by atoms with E-state index in [1.165, 1.54) is 6.07 Å². The molecule has 1 fully saturated rings. The molecule has 1 N–H and O–H groups in total. The third-order valence-electron chi connectivity index (χ3n) is 5.41. The van der Waals surface area contributed by atoms with E-state index in [0.29, 0.717) is 28.8 Å². The van der Waals surface area contributed by atoms with E-state index in [2.05, 4.69) is 10.2 Å². The van der Waals surface area contributed by atoms with E-state index in [1.807, 2.05) is 38.1 Å². The number of nitrogens with one attached hydrogen (secondary N) is 1. The van der Waals surface area contributed by atoms with Crippen LogP contribution in [0.3, 0.4) is 0 Å². The Morgan fingerprint density at radius 2 is 1.80 bits per heavy atom. The first kappa shape index (κ1) is 20.3. The second-order valence-electron chi connectivity index (χ2n) is 7.72. The van der Waals surface area contributed by atoms with Gasteiger partial charge in [0.15, 0.2) is 5.43 Å². The van der Waals surface area contributed by atoms with Crippen molar-refractivity contribution in [3.63, 3.8) is 0 Å². The van der Waals surface area contributed by atoms with Crippen LogP contribution < -0.4 is 10.7 Å². The Kier molecular flexibility index (Phi) is 5.97. The fourth-order valence-electron chi connectivity index (χ4n) is 3.79. The van der Waals surface area contributed by atoms with Crippen molar-refractivity contribution in [1.82, 2.24) is 10.2 Å². The van der Waals surface area contributed by atoms with Crippen LogP contribution in [0.4, 0.5) is 0 Å². The van der Waals surface area contributed by atoms with Crippen LogP contribution in [0.2, 0.25) is 0 Å². The molecule has 1 aliphatic rings. The van der Waals surface area contributed by atoms with Gasteiger partial charge in [-0.1, -0.05) is 18.2 Å². The van der Waals surface area contributed by atoms with Crippen molar-refractivity contribution in [1.29, 1.82) is 0 Å². The van der Waals surface area contributed by atoms with Gasteiger partial charge in [-0.2, -0.15) is 0 Å². The van der Waals surface area contributed by atoms with E-state index in [-0.39, 0.29) is 11.3 Å². The summed E-state index contributed by atoms with van der Waals surface area (Å²) in [5.74, 6) is 0.389. The molecule has 156 valence electrons. The number of carbonyl (C=O) groups is 1. The average molecular weight is 406 g/mol. The number of nitrogens with zero attached hydrogens (tertiary/aromatic N) is 1. The minimum atomic E-state index is -0.110. The molecule has 0 atom stereocenters. The standard InChI is InChI=1S/C24H26N2O4/c1-16-13-17(2)23-20(14-16)21(27)15-22(30-23)18-3-5-19(6-4-18)24(28)25-7-8-26-9-11-29-12-10-26/h3-6,13-15H,7-12H2,1-2H3,(H,25,28). The van der Waals surface area contributed by atoms with Gasteiger partial charge in [0.1, 0.15) is 11.3 Å². The van der Waals surface area contributed by atoms with Gasteiger partial charge in [-0.3, -0.25) is 14.5 Å². The molecule has 2 heterocycles. The van der Waals surface area contributed by atoms with E-state index in [1.54, 1.807) is 12.1 Å². The van der Waals surface area contributed by atoms with Crippen molar-refractivity contribution in [2.45, 2.75) is 13.8 Å². The summed E-state index contributed by atoms with van der Waals surface area (Å²) in [6.07, 6.45) is 0. The maximum absolute atomic E-state index is 12.6. The first-order chi connectivity index (χ1) is 14.5. The Bertz CT molecular complexity index is 1110. The van der Waals surface area contributed by atoms with E-state index in [4.69, 9.17) is 9.15 Å². The van der Waals surface area contributed by atoms with Crippen LogP contribution in [-0.2, 0) is 4.74 Å². The number of hydrogen-bond donors (Lipinski definition) is 1. The first-order valence-corrected chi connectivity index (χ1v) is 10.2. The summed E-state index contributed by atoms with van der Waals surface area (Å²) in [4.78, 5) is 27.3. The highest BCUT2D eigenvalue weighted by Crippen LogP contribution is 2.25. The highest BCUT2D eigenvalue weighted by atomic mass is 16.5. The number of carbonyl (C=O) groups excluding carboxylic acids is 1. The minimum Gasteiger partial charge on any atom is -0.456 e. The summed E-state index contributed by atoms with van der Waals surface area (Å²) in [7, 11) is 0. The quantitative estimate of drug-likeness (QED) is 0.705. The van der Waals surface area contributed by atoms with E-state index in [0.717, 1.165) is 49.5 Å². The van der Waals surface area contributed by atoms with E-state index >= 15 is 0 Å². The van der Waals surface area contributed by atoms with Gasteiger partial charge in [0.25, 0.3) is 5.91 Å². The molecule has 0 unspecified atom stereocenters. The first-order valence-electron chi connectivity index (χ1n) is 10.2. The lowest BCUT2D eigenvalue weighted by atomic mass is 10.1. The molecular weight excluding hydrogens is 380 g/mol. The van der Waals surface area contributed by atoms with Crippen LogP contribution in [0.15, 0.2) is 51.7 Å². The summed E-state index contributed by atoms with van der Waals surface area (Å²) in [6, 6.07) is 12.5. The van der Waals surface area contributed by atoms with E-state index in [9.17, 15) is 9.59 Å². The molecule has 3 aromatic rings.